The third-order valence-electron chi connectivity index (χ3n) is 5.13. The van der Waals surface area contributed by atoms with Gasteiger partial charge in [-0.15, -0.1) is 6.58 Å². The predicted octanol–water partition coefficient (Wildman–Crippen LogP) is 6.48. The highest BCUT2D eigenvalue weighted by molar-refractivity contribution is 5.32. The Bertz CT molecular complexity index is 592. The molecule has 3 rings (SSSR count). The van der Waals surface area contributed by atoms with Crippen molar-refractivity contribution in [2.75, 3.05) is 0 Å². The highest BCUT2D eigenvalue weighted by Crippen LogP contribution is 2.31. The molecule has 3 atom stereocenters. The van der Waals surface area contributed by atoms with Crippen LogP contribution in [0.15, 0.2) is 84.6 Å². The van der Waals surface area contributed by atoms with Crippen LogP contribution in [0.1, 0.15) is 38.5 Å². The molecule has 0 saturated carbocycles. The van der Waals surface area contributed by atoms with Crippen LogP contribution >= 0.6 is 0 Å². The number of hydrogen-bond donors (Lipinski definition) is 0. The molecule has 0 radical (unpaired) electrons. The first kappa shape index (κ1) is 16.1. The number of allylic oxidation sites excluding steroid dienone is 13. The molecule has 3 aliphatic carbocycles. The summed E-state index contributed by atoms with van der Waals surface area (Å²) in [6.45, 7) is 3.85. The largest absolute Gasteiger partial charge is 0.103 e. The van der Waals surface area contributed by atoms with Crippen molar-refractivity contribution in [1.82, 2.24) is 0 Å². The van der Waals surface area contributed by atoms with Crippen LogP contribution in [0.5, 0.6) is 0 Å². The maximum Gasteiger partial charge on any atom is 0.00524 e. The highest BCUT2D eigenvalue weighted by Gasteiger charge is 2.16. The van der Waals surface area contributed by atoms with Gasteiger partial charge < -0.3 is 0 Å². The molecular formula is C23H28. The maximum atomic E-state index is 3.85. The molecule has 0 saturated heterocycles. The molecule has 0 bridgehead atoms. The van der Waals surface area contributed by atoms with E-state index in [9.17, 15) is 0 Å². The minimum atomic E-state index is 0.602. The van der Waals surface area contributed by atoms with Crippen molar-refractivity contribution < 1.29 is 0 Å². The molecular weight excluding hydrogens is 276 g/mol. The molecule has 0 fully saturated rings. The Kier molecular flexibility index (Phi) is 5.69. The fourth-order valence-electron chi connectivity index (χ4n) is 3.75. The van der Waals surface area contributed by atoms with Gasteiger partial charge in [0.15, 0.2) is 0 Å². The molecule has 0 heteroatoms. The molecule has 0 heterocycles. The number of hydrogen-bond acceptors (Lipinski definition) is 0. The van der Waals surface area contributed by atoms with Crippen LogP contribution in [0.25, 0.3) is 0 Å². The quantitative estimate of drug-likeness (QED) is 0.493. The first-order valence-electron chi connectivity index (χ1n) is 9.05. The van der Waals surface area contributed by atoms with Gasteiger partial charge in [-0.25, -0.2) is 0 Å². The fraction of sp³-hybridized carbons (Fsp3) is 0.391. The molecule has 3 unspecified atom stereocenters. The summed E-state index contributed by atoms with van der Waals surface area (Å²) < 4.78 is 0. The van der Waals surface area contributed by atoms with E-state index in [2.05, 4.69) is 67.3 Å². The zero-order valence-electron chi connectivity index (χ0n) is 14.0. The predicted molar refractivity (Wildman–Crippen MR) is 101 cm³/mol. The molecule has 0 amide bonds. The molecule has 0 aliphatic heterocycles. The van der Waals surface area contributed by atoms with E-state index < -0.39 is 0 Å². The summed E-state index contributed by atoms with van der Waals surface area (Å²) in [6, 6.07) is 0. The van der Waals surface area contributed by atoms with Crippen LogP contribution in [0.4, 0.5) is 0 Å². The van der Waals surface area contributed by atoms with Crippen molar-refractivity contribution in [2.24, 2.45) is 17.8 Å². The van der Waals surface area contributed by atoms with E-state index in [-0.39, 0.29) is 0 Å². The van der Waals surface area contributed by atoms with E-state index >= 15 is 0 Å². The van der Waals surface area contributed by atoms with E-state index in [1.165, 1.54) is 36.8 Å². The maximum absolute atomic E-state index is 3.85. The summed E-state index contributed by atoms with van der Waals surface area (Å²) in [7, 11) is 0. The summed E-state index contributed by atoms with van der Waals surface area (Å²) in [5.41, 5.74) is 2.95. The molecule has 0 aromatic rings. The SMILES string of the molecule is C=CCC1=CC(CCC2C=CC(C3C=CC=CC3)=CC2)CC=C1. The monoisotopic (exact) mass is 304 g/mol. The normalized spacial score (nSPS) is 29.3. The second-order valence-electron chi connectivity index (χ2n) is 6.92. The summed E-state index contributed by atoms with van der Waals surface area (Å²) >= 11 is 0. The Hall–Kier alpha value is -1.82. The Balaban J connectivity index is 1.46. The molecule has 0 spiro atoms. The van der Waals surface area contributed by atoms with Gasteiger partial charge in [0.05, 0.1) is 0 Å². The van der Waals surface area contributed by atoms with Gasteiger partial charge in [0.2, 0.25) is 0 Å². The van der Waals surface area contributed by atoms with Crippen molar-refractivity contribution in [1.29, 1.82) is 0 Å². The van der Waals surface area contributed by atoms with Crippen molar-refractivity contribution in [2.45, 2.75) is 38.5 Å². The van der Waals surface area contributed by atoms with Crippen LogP contribution in [0.2, 0.25) is 0 Å². The molecule has 0 N–H and O–H groups in total. The van der Waals surface area contributed by atoms with Crippen LogP contribution in [-0.2, 0) is 0 Å². The molecule has 0 nitrogen and oxygen atoms in total. The standard InChI is InChI=1S/C23H28/c1-2-7-20-8-6-9-21(18-20)13-12-19-14-16-23(17-15-19)22-10-4-3-5-11-22/h2-6,8,10,14,16-19,21-22H,1,7,9,11-13,15H2. The van der Waals surface area contributed by atoms with Gasteiger partial charge in [-0.3, -0.25) is 0 Å². The van der Waals surface area contributed by atoms with Crippen LogP contribution in [-0.4, -0.2) is 0 Å². The van der Waals surface area contributed by atoms with Crippen LogP contribution in [0, 0.1) is 17.8 Å². The summed E-state index contributed by atoms with van der Waals surface area (Å²) in [4.78, 5) is 0. The lowest BCUT2D eigenvalue weighted by Crippen LogP contribution is -2.08. The van der Waals surface area contributed by atoms with Gasteiger partial charge in [0.1, 0.15) is 0 Å². The minimum Gasteiger partial charge on any atom is -0.103 e. The Morgan fingerprint density at radius 3 is 2.61 bits per heavy atom. The van der Waals surface area contributed by atoms with E-state index in [0.717, 1.165) is 24.7 Å². The van der Waals surface area contributed by atoms with Gasteiger partial charge in [-0.2, -0.15) is 0 Å². The van der Waals surface area contributed by atoms with Crippen molar-refractivity contribution in [3.05, 3.63) is 84.6 Å². The second-order valence-corrected chi connectivity index (χ2v) is 6.92. The van der Waals surface area contributed by atoms with Crippen LogP contribution in [0.3, 0.4) is 0 Å². The van der Waals surface area contributed by atoms with Crippen molar-refractivity contribution >= 4 is 0 Å². The average molecular weight is 304 g/mol. The van der Waals surface area contributed by atoms with Gasteiger partial charge in [-0.05, 0) is 61.5 Å². The summed E-state index contributed by atoms with van der Waals surface area (Å²) in [6.07, 6.45) is 32.5. The first-order valence-corrected chi connectivity index (χ1v) is 9.05. The first-order chi connectivity index (χ1) is 11.3. The fourth-order valence-corrected chi connectivity index (χ4v) is 3.75. The molecule has 0 aromatic heterocycles. The Labute approximate surface area is 141 Å². The van der Waals surface area contributed by atoms with Crippen LogP contribution < -0.4 is 0 Å². The van der Waals surface area contributed by atoms with E-state index in [1.54, 1.807) is 0 Å². The number of rotatable bonds is 6. The van der Waals surface area contributed by atoms with Gasteiger partial charge in [-0.1, -0.05) is 66.8 Å². The lowest BCUT2D eigenvalue weighted by molar-refractivity contribution is 0.483. The van der Waals surface area contributed by atoms with Crippen molar-refractivity contribution in [3.8, 4) is 0 Å². The zero-order chi connectivity index (χ0) is 15.9. The molecule has 0 aromatic carbocycles. The zero-order valence-corrected chi connectivity index (χ0v) is 14.0. The topological polar surface area (TPSA) is 0 Å². The van der Waals surface area contributed by atoms with Crippen molar-refractivity contribution in [3.63, 3.8) is 0 Å². The summed E-state index contributed by atoms with van der Waals surface area (Å²) in [5, 5.41) is 0. The molecule has 120 valence electrons. The average Bonchev–Trinajstić information content (AvgIpc) is 2.62. The molecule has 3 aliphatic rings. The lowest BCUT2D eigenvalue weighted by atomic mass is 9.83. The van der Waals surface area contributed by atoms with Gasteiger partial charge in [0.25, 0.3) is 0 Å². The Morgan fingerprint density at radius 1 is 0.957 bits per heavy atom. The van der Waals surface area contributed by atoms with Gasteiger partial charge >= 0.3 is 0 Å². The smallest absolute Gasteiger partial charge is 0.00524 e. The van der Waals surface area contributed by atoms with E-state index in [4.69, 9.17) is 0 Å². The van der Waals surface area contributed by atoms with E-state index in [0.29, 0.717) is 5.92 Å². The third kappa shape index (κ3) is 4.58. The minimum absolute atomic E-state index is 0.602. The molecule has 23 heavy (non-hydrogen) atoms. The summed E-state index contributed by atoms with van der Waals surface area (Å²) in [5.74, 6) is 2.05. The van der Waals surface area contributed by atoms with Gasteiger partial charge in [0, 0.05) is 5.92 Å². The third-order valence-corrected chi connectivity index (χ3v) is 5.13. The Morgan fingerprint density at radius 2 is 1.87 bits per heavy atom. The lowest BCUT2D eigenvalue weighted by Gasteiger charge is -2.23. The van der Waals surface area contributed by atoms with E-state index in [1.807, 2.05) is 6.08 Å². The highest BCUT2D eigenvalue weighted by atomic mass is 14.2. The second kappa shape index (κ2) is 8.15.